The van der Waals surface area contributed by atoms with E-state index in [0.717, 1.165) is 19.3 Å². The molecule has 0 bridgehead atoms. The maximum absolute atomic E-state index is 12.0. The molecule has 0 amide bonds. The molecular weight excluding hydrogens is 238 g/mol. The van der Waals surface area contributed by atoms with Crippen molar-refractivity contribution in [3.05, 3.63) is 24.0 Å². The Morgan fingerprint density at radius 1 is 1.47 bits per heavy atom. The topological polar surface area (TPSA) is 82.9 Å². The minimum absolute atomic E-state index is 0.102. The van der Waals surface area contributed by atoms with Crippen LogP contribution in [-0.2, 0) is 10.0 Å². The summed E-state index contributed by atoms with van der Waals surface area (Å²) in [6.07, 6.45) is 3.97. The zero-order valence-electron chi connectivity index (χ0n) is 9.47. The minimum atomic E-state index is -3.53. The fourth-order valence-electron chi connectivity index (χ4n) is 1.80. The van der Waals surface area contributed by atoms with Crippen LogP contribution in [0.15, 0.2) is 23.2 Å². The Labute approximate surface area is 101 Å². The Hall–Kier alpha value is -1.45. The molecule has 0 unspecified atom stereocenters. The van der Waals surface area contributed by atoms with Gasteiger partial charge in [-0.05, 0) is 38.3 Å². The molecule has 0 aromatic carbocycles. The van der Waals surface area contributed by atoms with Crippen molar-refractivity contribution in [3.63, 3.8) is 0 Å². The van der Waals surface area contributed by atoms with Crippen LogP contribution < -0.4 is 4.72 Å². The third kappa shape index (κ3) is 2.46. The summed E-state index contributed by atoms with van der Waals surface area (Å²) in [6.45, 7) is 1.89. The summed E-state index contributed by atoms with van der Waals surface area (Å²) in [5.74, 6) is 0. The van der Waals surface area contributed by atoms with Crippen LogP contribution in [0.1, 0.15) is 31.9 Å². The second kappa shape index (κ2) is 4.09. The maximum Gasteiger partial charge on any atom is 0.242 e. The zero-order valence-corrected chi connectivity index (χ0v) is 10.3. The van der Waals surface area contributed by atoms with Crippen molar-refractivity contribution in [1.82, 2.24) is 9.71 Å². The van der Waals surface area contributed by atoms with Gasteiger partial charge in [0.1, 0.15) is 16.7 Å². The van der Waals surface area contributed by atoms with Crippen molar-refractivity contribution in [2.75, 3.05) is 0 Å². The van der Waals surface area contributed by atoms with E-state index < -0.39 is 10.0 Å². The van der Waals surface area contributed by atoms with Crippen LogP contribution in [0.4, 0.5) is 0 Å². The van der Waals surface area contributed by atoms with Crippen molar-refractivity contribution >= 4 is 10.0 Å². The number of hydrogen-bond acceptors (Lipinski definition) is 4. The van der Waals surface area contributed by atoms with E-state index in [1.807, 2.05) is 13.0 Å². The van der Waals surface area contributed by atoms with E-state index >= 15 is 0 Å². The molecule has 6 heteroatoms. The normalized spacial score (nSPS) is 18.1. The zero-order chi connectivity index (χ0) is 12.5. The van der Waals surface area contributed by atoms with Crippen LogP contribution in [0.2, 0.25) is 0 Å². The van der Waals surface area contributed by atoms with Crippen LogP contribution in [0.3, 0.4) is 0 Å². The summed E-state index contributed by atoms with van der Waals surface area (Å²) < 4.78 is 26.7. The molecule has 1 N–H and O–H groups in total. The predicted octanol–water partition coefficient (Wildman–Crippen LogP) is 1.17. The standard InChI is InChI=1S/C11H13N3O2S/c1-11(5-2-6-11)14-17(15,16)10-4-3-9(7-12)13-8-10/h3-4,8,14H,2,5-6H2,1H3. The Balaban J connectivity index is 2.22. The lowest BCUT2D eigenvalue weighted by molar-refractivity contribution is 0.248. The first-order valence-electron chi connectivity index (χ1n) is 5.35. The molecule has 1 heterocycles. The number of rotatable bonds is 3. The van der Waals surface area contributed by atoms with Gasteiger partial charge >= 0.3 is 0 Å². The van der Waals surface area contributed by atoms with Crippen LogP contribution in [0, 0.1) is 11.3 Å². The first-order valence-corrected chi connectivity index (χ1v) is 6.84. The number of pyridine rings is 1. The lowest BCUT2D eigenvalue weighted by Crippen LogP contribution is -2.50. The van der Waals surface area contributed by atoms with Gasteiger partial charge in [-0.1, -0.05) is 0 Å². The SMILES string of the molecule is CC1(NS(=O)(=O)c2ccc(C#N)nc2)CCC1. The molecule has 2 rings (SSSR count). The van der Waals surface area contributed by atoms with Gasteiger partial charge in [0.15, 0.2) is 0 Å². The lowest BCUT2D eigenvalue weighted by atomic mass is 9.80. The van der Waals surface area contributed by atoms with Gasteiger partial charge < -0.3 is 0 Å². The van der Waals surface area contributed by atoms with Crippen molar-refractivity contribution < 1.29 is 8.42 Å². The molecule has 5 nitrogen and oxygen atoms in total. The van der Waals surface area contributed by atoms with E-state index in [4.69, 9.17) is 5.26 Å². The monoisotopic (exact) mass is 251 g/mol. The average Bonchev–Trinajstić information content (AvgIpc) is 2.26. The number of nitrogens with one attached hydrogen (secondary N) is 1. The molecule has 90 valence electrons. The first kappa shape index (κ1) is 12.0. The molecule has 0 radical (unpaired) electrons. The van der Waals surface area contributed by atoms with Gasteiger partial charge in [-0.15, -0.1) is 0 Å². The molecule has 1 aliphatic carbocycles. The van der Waals surface area contributed by atoms with Gasteiger partial charge in [-0.3, -0.25) is 0 Å². The molecule has 1 saturated carbocycles. The van der Waals surface area contributed by atoms with E-state index in [-0.39, 0.29) is 16.1 Å². The van der Waals surface area contributed by atoms with Gasteiger partial charge in [0, 0.05) is 11.7 Å². The molecule has 1 aliphatic rings. The maximum atomic E-state index is 12.0. The molecule has 1 fully saturated rings. The van der Waals surface area contributed by atoms with E-state index in [1.165, 1.54) is 18.3 Å². The Kier molecular flexibility index (Phi) is 2.89. The first-order chi connectivity index (χ1) is 7.95. The molecule has 0 spiro atoms. The Morgan fingerprint density at radius 3 is 2.59 bits per heavy atom. The molecule has 0 saturated heterocycles. The highest BCUT2D eigenvalue weighted by atomic mass is 32.2. The van der Waals surface area contributed by atoms with Gasteiger partial charge in [-0.2, -0.15) is 5.26 Å². The highest BCUT2D eigenvalue weighted by molar-refractivity contribution is 7.89. The van der Waals surface area contributed by atoms with Crippen molar-refractivity contribution in [1.29, 1.82) is 5.26 Å². The summed E-state index contributed by atoms with van der Waals surface area (Å²) in [5, 5.41) is 8.59. The highest BCUT2D eigenvalue weighted by Crippen LogP contribution is 2.32. The summed E-state index contributed by atoms with van der Waals surface area (Å²) in [5.41, 5.74) is -0.119. The third-order valence-corrected chi connectivity index (χ3v) is 4.62. The minimum Gasteiger partial charge on any atom is -0.244 e. The molecule has 0 atom stereocenters. The van der Waals surface area contributed by atoms with Crippen molar-refractivity contribution in [2.24, 2.45) is 0 Å². The van der Waals surface area contributed by atoms with Crippen LogP contribution >= 0.6 is 0 Å². The average molecular weight is 251 g/mol. The largest absolute Gasteiger partial charge is 0.244 e. The predicted molar refractivity (Wildman–Crippen MR) is 61.5 cm³/mol. The van der Waals surface area contributed by atoms with Gasteiger partial charge in [0.05, 0.1) is 0 Å². The van der Waals surface area contributed by atoms with E-state index in [2.05, 4.69) is 9.71 Å². The van der Waals surface area contributed by atoms with Gasteiger partial charge in [0.25, 0.3) is 0 Å². The molecule has 0 aliphatic heterocycles. The lowest BCUT2D eigenvalue weighted by Gasteiger charge is -2.38. The quantitative estimate of drug-likeness (QED) is 0.874. The number of aromatic nitrogens is 1. The highest BCUT2D eigenvalue weighted by Gasteiger charge is 2.36. The van der Waals surface area contributed by atoms with Crippen LogP contribution in [0.25, 0.3) is 0 Å². The fraction of sp³-hybridized carbons (Fsp3) is 0.455. The molecule has 1 aromatic rings. The Bertz CT molecular complexity index is 553. The fourth-order valence-corrected chi connectivity index (χ4v) is 3.21. The van der Waals surface area contributed by atoms with E-state index in [9.17, 15) is 8.42 Å². The third-order valence-electron chi connectivity index (χ3n) is 3.00. The molecule has 17 heavy (non-hydrogen) atoms. The summed E-state index contributed by atoms with van der Waals surface area (Å²) in [4.78, 5) is 3.86. The molecular formula is C11H13N3O2S. The number of nitrogens with zero attached hydrogens (tertiary/aromatic N) is 2. The van der Waals surface area contributed by atoms with Gasteiger partial charge in [-0.25, -0.2) is 18.1 Å². The number of hydrogen-bond donors (Lipinski definition) is 1. The second-order valence-corrected chi connectivity index (χ2v) is 6.19. The van der Waals surface area contributed by atoms with Crippen molar-refractivity contribution in [3.8, 4) is 6.07 Å². The van der Waals surface area contributed by atoms with E-state index in [0.29, 0.717) is 0 Å². The van der Waals surface area contributed by atoms with Gasteiger partial charge in [0.2, 0.25) is 10.0 Å². The van der Waals surface area contributed by atoms with Crippen LogP contribution in [0.5, 0.6) is 0 Å². The second-order valence-electron chi connectivity index (χ2n) is 4.51. The number of nitriles is 1. The van der Waals surface area contributed by atoms with Crippen LogP contribution in [-0.4, -0.2) is 18.9 Å². The summed E-state index contributed by atoms with van der Waals surface area (Å²) in [6, 6.07) is 4.65. The van der Waals surface area contributed by atoms with E-state index in [1.54, 1.807) is 0 Å². The Morgan fingerprint density at radius 2 is 2.18 bits per heavy atom. The number of sulfonamides is 1. The van der Waals surface area contributed by atoms with Crippen molar-refractivity contribution in [2.45, 2.75) is 36.6 Å². The summed E-state index contributed by atoms with van der Waals surface area (Å²) >= 11 is 0. The smallest absolute Gasteiger partial charge is 0.242 e. The molecule has 1 aromatic heterocycles. The summed E-state index contributed by atoms with van der Waals surface area (Å²) in [7, 11) is -3.53.